The Hall–Kier alpha value is -2.04. The smallest absolute Gasteiger partial charge is 0.166 e. The van der Waals surface area contributed by atoms with Crippen molar-refractivity contribution in [3.05, 3.63) is 53.1 Å². The molecule has 0 aliphatic carbocycles. The summed E-state index contributed by atoms with van der Waals surface area (Å²) in [7, 11) is 0. The molecule has 0 saturated heterocycles. The van der Waals surface area contributed by atoms with E-state index in [0.29, 0.717) is 5.56 Å². The molecule has 18 heavy (non-hydrogen) atoms. The van der Waals surface area contributed by atoms with Gasteiger partial charge in [-0.3, -0.25) is 0 Å². The third-order valence-electron chi connectivity index (χ3n) is 2.56. The molecule has 0 radical (unpaired) electrons. The van der Waals surface area contributed by atoms with Gasteiger partial charge in [0.05, 0.1) is 11.3 Å². The molecular formula is C13H9F4N. The maximum atomic E-state index is 13.7. The lowest BCUT2D eigenvalue weighted by Crippen LogP contribution is -2.00. The molecule has 0 heterocycles. The van der Waals surface area contributed by atoms with Gasteiger partial charge in [-0.05, 0) is 36.8 Å². The molecule has 0 aliphatic rings. The zero-order valence-corrected chi connectivity index (χ0v) is 9.40. The van der Waals surface area contributed by atoms with E-state index in [-0.39, 0.29) is 5.69 Å². The quantitative estimate of drug-likeness (QED) is 0.608. The molecule has 0 fully saturated rings. The summed E-state index contributed by atoms with van der Waals surface area (Å²) in [6, 6.07) is 4.05. The number of nitrogen functional groups attached to an aromatic ring is 1. The van der Waals surface area contributed by atoms with Crippen molar-refractivity contribution in [2.75, 3.05) is 5.73 Å². The zero-order valence-electron chi connectivity index (χ0n) is 9.40. The van der Waals surface area contributed by atoms with Gasteiger partial charge in [0.2, 0.25) is 0 Å². The highest BCUT2D eigenvalue weighted by Crippen LogP contribution is 2.32. The molecule has 2 aromatic carbocycles. The molecule has 0 aromatic heterocycles. The van der Waals surface area contributed by atoms with Crippen LogP contribution in [0.5, 0.6) is 0 Å². The van der Waals surface area contributed by atoms with Crippen molar-refractivity contribution in [2.45, 2.75) is 6.92 Å². The minimum absolute atomic E-state index is 0.326. The highest BCUT2D eigenvalue weighted by atomic mass is 19.2. The lowest BCUT2D eigenvalue weighted by Gasteiger charge is -2.10. The van der Waals surface area contributed by atoms with Crippen molar-refractivity contribution < 1.29 is 17.6 Å². The second kappa shape index (κ2) is 4.33. The van der Waals surface area contributed by atoms with Crippen LogP contribution in [0, 0.1) is 30.2 Å². The number of hydrogen-bond acceptors (Lipinski definition) is 1. The van der Waals surface area contributed by atoms with Gasteiger partial charge >= 0.3 is 0 Å². The van der Waals surface area contributed by atoms with E-state index in [1.165, 1.54) is 13.0 Å². The fraction of sp³-hybridized carbons (Fsp3) is 0.0769. The second-order valence-electron chi connectivity index (χ2n) is 3.93. The Labute approximate surface area is 101 Å². The van der Waals surface area contributed by atoms with Crippen molar-refractivity contribution in [3.63, 3.8) is 0 Å². The van der Waals surface area contributed by atoms with Crippen LogP contribution < -0.4 is 5.73 Å². The first-order valence-corrected chi connectivity index (χ1v) is 5.11. The number of nitrogens with two attached hydrogens (primary N) is 1. The number of aryl methyl sites for hydroxylation is 1. The van der Waals surface area contributed by atoms with Crippen LogP contribution in [0.15, 0.2) is 24.3 Å². The van der Waals surface area contributed by atoms with Crippen LogP contribution in [0.3, 0.4) is 0 Å². The van der Waals surface area contributed by atoms with Crippen LogP contribution in [0.25, 0.3) is 11.1 Å². The van der Waals surface area contributed by atoms with Gasteiger partial charge in [0.1, 0.15) is 5.82 Å². The first-order chi connectivity index (χ1) is 8.41. The molecule has 1 nitrogen and oxygen atoms in total. The monoisotopic (exact) mass is 255 g/mol. The zero-order chi connectivity index (χ0) is 13.4. The van der Waals surface area contributed by atoms with E-state index in [0.717, 1.165) is 18.2 Å². The highest BCUT2D eigenvalue weighted by molar-refractivity contribution is 5.70. The lowest BCUT2D eigenvalue weighted by molar-refractivity contribution is 0.507. The van der Waals surface area contributed by atoms with Gasteiger partial charge in [0, 0.05) is 5.56 Å². The predicted molar refractivity (Wildman–Crippen MR) is 60.9 cm³/mol. The van der Waals surface area contributed by atoms with Crippen molar-refractivity contribution in [1.29, 1.82) is 0 Å². The molecule has 0 spiro atoms. The molecule has 2 aromatic rings. The summed E-state index contributed by atoms with van der Waals surface area (Å²) >= 11 is 0. The van der Waals surface area contributed by atoms with E-state index in [1.54, 1.807) is 0 Å². The highest BCUT2D eigenvalue weighted by Gasteiger charge is 2.20. The summed E-state index contributed by atoms with van der Waals surface area (Å²) < 4.78 is 54.2. The van der Waals surface area contributed by atoms with Crippen molar-refractivity contribution in [2.24, 2.45) is 0 Å². The topological polar surface area (TPSA) is 26.0 Å². The average Bonchev–Trinajstić information content (AvgIpc) is 2.30. The van der Waals surface area contributed by atoms with Crippen LogP contribution in [0.4, 0.5) is 23.2 Å². The molecular weight excluding hydrogens is 246 g/mol. The van der Waals surface area contributed by atoms with E-state index in [9.17, 15) is 17.6 Å². The number of rotatable bonds is 1. The molecule has 2 N–H and O–H groups in total. The van der Waals surface area contributed by atoms with Crippen LogP contribution >= 0.6 is 0 Å². The Morgan fingerprint density at radius 1 is 0.889 bits per heavy atom. The average molecular weight is 255 g/mol. The Kier molecular flexibility index (Phi) is 2.98. The molecule has 0 saturated carbocycles. The molecule has 0 atom stereocenters. The van der Waals surface area contributed by atoms with E-state index in [1.807, 2.05) is 0 Å². The van der Waals surface area contributed by atoms with E-state index in [4.69, 9.17) is 5.73 Å². The summed E-state index contributed by atoms with van der Waals surface area (Å²) in [6.45, 7) is 1.49. The fourth-order valence-corrected chi connectivity index (χ4v) is 1.72. The van der Waals surface area contributed by atoms with Crippen molar-refractivity contribution in [3.8, 4) is 11.1 Å². The van der Waals surface area contributed by atoms with Crippen LogP contribution in [0.1, 0.15) is 5.56 Å². The van der Waals surface area contributed by atoms with E-state index in [2.05, 4.69) is 0 Å². The molecule has 2 rings (SSSR count). The minimum Gasteiger partial charge on any atom is -0.396 e. The minimum atomic E-state index is -1.30. The maximum absolute atomic E-state index is 13.7. The number of benzene rings is 2. The van der Waals surface area contributed by atoms with Crippen molar-refractivity contribution >= 4 is 5.69 Å². The Morgan fingerprint density at radius 2 is 1.56 bits per heavy atom. The van der Waals surface area contributed by atoms with Gasteiger partial charge in [-0.15, -0.1) is 0 Å². The molecule has 0 aliphatic heterocycles. The summed E-state index contributed by atoms with van der Waals surface area (Å²) in [4.78, 5) is 0. The van der Waals surface area contributed by atoms with Crippen LogP contribution in [0.2, 0.25) is 0 Å². The molecule has 94 valence electrons. The Bertz CT molecular complexity index is 623. The van der Waals surface area contributed by atoms with Gasteiger partial charge in [-0.25, -0.2) is 17.6 Å². The molecule has 0 bridgehead atoms. The largest absolute Gasteiger partial charge is 0.396 e. The second-order valence-corrected chi connectivity index (χ2v) is 3.93. The first-order valence-electron chi connectivity index (χ1n) is 5.11. The lowest BCUT2D eigenvalue weighted by atomic mass is 10.0. The maximum Gasteiger partial charge on any atom is 0.166 e. The molecule has 0 amide bonds. The SMILES string of the molecule is Cc1cc(F)c(F)c(-c2c(F)ccc(N)c2F)c1. The number of anilines is 1. The number of hydrogen-bond donors (Lipinski definition) is 1. The fourth-order valence-electron chi connectivity index (χ4n) is 1.72. The third kappa shape index (κ3) is 1.92. The summed E-state index contributed by atoms with van der Waals surface area (Å²) in [5, 5.41) is 0. The summed E-state index contributed by atoms with van der Waals surface area (Å²) in [5.74, 6) is -4.56. The third-order valence-corrected chi connectivity index (χ3v) is 2.56. The predicted octanol–water partition coefficient (Wildman–Crippen LogP) is 3.80. The Morgan fingerprint density at radius 3 is 2.22 bits per heavy atom. The molecule has 0 unspecified atom stereocenters. The van der Waals surface area contributed by atoms with Gasteiger partial charge < -0.3 is 5.73 Å². The standard InChI is InChI=1S/C13H9F4N/c1-6-4-7(12(16)9(15)5-6)11-8(14)2-3-10(18)13(11)17/h2-5H,18H2,1H3. The van der Waals surface area contributed by atoms with E-state index < -0.39 is 34.4 Å². The van der Waals surface area contributed by atoms with E-state index >= 15 is 0 Å². The van der Waals surface area contributed by atoms with Crippen molar-refractivity contribution in [1.82, 2.24) is 0 Å². The Balaban J connectivity index is 2.81. The van der Waals surface area contributed by atoms with Gasteiger partial charge in [0.15, 0.2) is 17.5 Å². The molecule has 5 heteroatoms. The van der Waals surface area contributed by atoms with Gasteiger partial charge in [-0.1, -0.05) is 0 Å². The van der Waals surface area contributed by atoms with Gasteiger partial charge in [0.25, 0.3) is 0 Å². The normalized spacial score (nSPS) is 10.7. The van der Waals surface area contributed by atoms with Crippen LogP contribution in [-0.4, -0.2) is 0 Å². The van der Waals surface area contributed by atoms with Gasteiger partial charge in [-0.2, -0.15) is 0 Å². The first kappa shape index (κ1) is 12.4. The summed E-state index contributed by atoms with van der Waals surface area (Å²) in [5.41, 5.74) is 4.19. The van der Waals surface area contributed by atoms with Crippen LogP contribution in [-0.2, 0) is 0 Å². The number of halogens is 4. The summed E-state index contributed by atoms with van der Waals surface area (Å²) in [6.07, 6.45) is 0.